The van der Waals surface area contributed by atoms with Crippen molar-refractivity contribution in [2.75, 3.05) is 13.1 Å². The van der Waals surface area contributed by atoms with Gasteiger partial charge in [-0.2, -0.15) is 0 Å². The SMILES string of the molecule is C=CCN1CC[C@]23CCCCC2[C@H]1Cc1ccc(O[Si](C)(C)C)cc13. The van der Waals surface area contributed by atoms with Crippen molar-refractivity contribution in [3.8, 4) is 5.75 Å². The minimum Gasteiger partial charge on any atom is -0.544 e. The second kappa shape index (κ2) is 6.28. The van der Waals surface area contributed by atoms with Gasteiger partial charge in [0, 0.05) is 18.0 Å². The summed E-state index contributed by atoms with van der Waals surface area (Å²) in [6, 6.07) is 7.75. The summed E-state index contributed by atoms with van der Waals surface area (Å²) in [5, 5.41) is 0. The molecule has 0 N–H and O–H groups in total. The van der Waals surface area contributed by atoms with E-state index in [4.69, 9.17) is 4.43 Å². The molecule has 3 heteroatoms. The highest BCUT2D eigenvalue weighted by Gasteiger charge is 2.53. The van der Waals surface area contributed by atoms with E-state index in [0.717, 1.165) is 18.2 Å². The molecule has 1 heterocycles. The minimum absolute atomic E-state index is 0.410. The molecule has 4 rings (SSSR count). The van der Waals surface area contributed by atoms with Crippen LogP contribution in [0.15, 0.2) is 30.9 Å². The van der Waals surface area contributed by atoms with Crippen LogP contribution in [0.2, 0.25) is 19.6 Å². The zero-order chi connectivity index (χ0) is 17.7. The molecule has 1 unspecified atom stereocenters. The largest absolute Gasteiger partial charge is 0.544 e. The van der Waals surface area contributed by atoms with Gasteiger partial charge in [-0.3, -0.25) is 4.90 Å². The van der Waals surface area contributed by atoms with Gasteiger partial charge in [0.05, 0.1) is 0 Å². The van der Waals surface area contributed by atoms with E-state index in [0.29, 0.717) is 11.5 Å². The number of likely N-dealkylation sites (tertiary alicyclic amines) is 1. The highest BCUT2D eigenvalue weighted by atomic mass is 28.4. The minimum atomic E-state index is -1.56. The van der Waals surface area contributed by atoms with Crippen molar-refractivity contribution < 1.29 is 4.43 Å². The number of rotatable bonds is 4. The van der Waals surface area contributed by atoms with E-state index in [2.05, 4.69) is 55.4 Å². The molecule has 3 atom stereocenters. The molecule has 2 bridgehead atoms. The Balaban J connectivity index is 1.76. The molecule has 0 radical (unpaired) electrons. The highest BCUT2D eigenvalue weighted by Crippen LogP contribution is 2.56. The van der Waals surface area contributed by atoms with Crippen LogP contribution in [-0.2, 0) is 11.8 Å². The van der Waals surface area contributed by atoms with Gasteiger partial charge in [-0.05, 0) is 81.0 Å². The fourth-order valence-corrected chi connectivity index (χ4v) is 6.71. The molecule has 0 aromatic heterocycles. The van der Waals surface area contributed by atoms with Crippen molar-refractivity contribution >= 4 is 8.32 Å². The fourth-order valence-electron chi connectivity index (χ4n) is 5.87. The average Bonchev–Trinajstić information content (AvgIpc) is 2.56. The molecule has 2 fully saturated rings. The van der Waals surface area contributed by atoms with Crippen LogP contribution in [0.1, 0.15) is 43.2 Å². The topological polar surface area (TPSA) is 12.5 Å². The van der Waals surface area contributed by atoms with E-state index >= 15 is 0 Å². The normalized spacial score (nSPS) is 31.8. The molecule has 2 aliphatic carbocycles. The van der Waals surface area contributed by atoms with Crippen LogP contribution in [0, 0.1) is 5.92 Å². The second-order valence-corrected chi connectivity index (χ2v) is 13.8. The van der Waals surface area contributed by atoms with Crippen LogP contribution in [-0.4, -0.2) is 32.3 Å². The van der Waals surface area contributed by atoms with Gasteiger partial charge in [-0.1, -0.05) is 25.0 Å². The molecule has 25 heavy (non-hydrogen) atoms. The Morgan fingerprint density at radius 3 is 2.88 bits per heavy atom. The molecule has 1 saturated heterocycles. The van der Waals surface area contributed by atoms with Crippen molar-refractivity contribution in [2.45, 2.75) is 69.6 Å². The average molecular weight is 356 g/mol. The van der Waals surface area contributed by atoms with E-state index in [-0.39, 0.29) is 0 Å². The van der Waals surface area contributed by atoms with Gasteiger partial charge in [-0.25, -0.2) is 0 Å². The summed E-state index contributed by atoms with van der Waals surface area (Å²) >= 11 is 0. The summed E-state index contributed by atoms with van der Waals surface area (Å²) in [5.74, 6) is 1.94. The lowest BCUT2D eigenvalue weighted by Gasteiger charge is -2.59. The van der Waals surface area contributed by atoms with Gasteiger partial charge in [0.2, 0.25) is 8.32 Å². The Morgan fingerprint density at radius 2 is 2.12 bits per heavy atom. The number of nitrogens with zero attached hydrogens (tertiary/aromatic N) is 1. The Kier molecular flexibility index (Phi) is 4.36. The third kappa shape index (κ3) is 3.00. The quantitative estimate of drug-likeness (QED) is 0.547. The van der Waals surface area contributed by atoms with E-state index in [9.17, 15) is 0 Å². The monoisotopic (exact) mass is 355 g/mol. The predicted octanol–water partition coefficient (Wildman–Crippen LogP) is 5.14. The molecule has 136 valence electrons. The lowest BCUT2D eigenvalue weighted by molar-refractivity contribution is -0.00514. The van der Waals surface area contributed by atoms with E-state index in [1.807, 2.05) is 0 Å². The van der Waals surface area contributed by atoms with Gasteiger partial charge in [0.25, 0.3) is 0 Å². The zero-order valence-electron chi connectivity index (χ0n) is 16.2. The molecule has 1 aromatic rings. The Bertz CT molecular complexity index is 664. The zero-order valence-corrected chi connectivity index (χ0v) is 17.2. The lowest BCUT2D eigenvalue weighted by atomic mass is 9.52. The summed E-state index contributed by atoms with van der Waals surface area (Å²) in [6.45, 7) is 13.1. The fraction of sp³-hybridized carbons (Fsp3) is 0.636. The Hall–Kier alpha value is -1.06. The smallest absolute Gasteiger partial charge is 0.242 e. The first-order valence-corrected chi connectivity index (χ1v) is 13.5. The summed E-state index contributed by atoms with van der Waals surface area (Å²) in [6.07, 6.45) is 10.2. The lowest BCUT2D eigenvalue weighted by Crippen LogP contribution is -2.60. The van der Waals surface area contributed by atoms with Crippen molar-refractivity contribution in [3.63, 3.8) is 0 Å². The first kappa shape index (κ1) is 17.4. The summed E-state index contributed by atoms with van der Waals surface area (Å²) < 4.78 is 6.36. The standard InChI is InChI=1S/C22H33NOSi/c1-5-13-23-14-12-22-11-7-6-8-19(22)21(23)15-17-9-10-18(16-20(17)22)24-25(2,3)4/h5,9-10,16,19,21H,1,6-8,11-15H2,2-4H3/t19?,21-,22-/m1/s1. The predicted molar refractivity (Wildman–Crippen MR) is 108 cm³/mol. The first-order valence-electron chi connectivity index (χ1n) is 10.1. The third-order valence-electron chi connectivity index (χ3n) is 6.71. The van der Waals surface area contributed by atoms with Gasteiger partial charge in [-0.15, -0.1) is 6.58 Å². The van der Waals surface area contributed by atoms with Crippen LogP contribution < -0.4 is 4.43 Å². The summed E-state index contributed by atoms with van der Waals surface area (Å²) in [4.78, 5) is 2.71. The first-order chi connectivity index (χ1) is 11.9. The molecule has 3 aliphatic rings. The van der Waals surface area contributed by atoms with Gasteiger partial charge in [0.1, 0.15) is 5.75 Å². The van der Waals surface area contributed by atoms with Crippen LogP contribution in [0.25, 0.3) is 0 Å². The molecule has 1 aliphatic heterocycles. The summed E-state index contributed by atoms with van der Waals surface area (Å²) in [7, 11) is -1.56. The Labute approximate surface area is 154 Å². The number of fused-ring (bicyclic) bond motifs is 1. The maximum atomic E-state index is 6.36. The molecule has 0 amide bonds. The van der Waals surface area contributed by atoms with Crippen molar-refractivity contribution in [3.05, 3.63) is 42.0 Å². The van der Waals surface area contributed by atoms with Crippen molar-refractivity contribution in [1.82, 2.24) is 4.90 Å². The molecule has 1 saturated carbocycles. The summed E-state index contributed by atoms with van der Waals surface area (Å²) in [5.41, 5.74) is 3.63. The van der Waals surface area contributed by atoms with Gasteiger partial charge in [0.15, 0.2) is 0 Å². The number of benzene rings is 1. The maximum Gasteiger partial charge on any atom is 0.242 e. The molecular formula is C22H33NOSi. The van der Waals surface area contributed by atoms with Crippen LogP contribution in [0.3, 0.4) is 0 Å². The Morgan fingerprint density at radius 1 is 1.28 bits per heavy atom. The molecule has 2 nitrogen and oxygen atoms in total. The second-order valence-electron chi connectivity index (χ2n) is 9.35. The van der Waals surface area contributed by atoms with Crippen molar-refractivity contribution in [1.29, 1.82) is 0 Å². The van der Waals surface area contributed by atoms with Crippen LogP contribution >= 0.6 is 0 Å². The number of hydrogen-bond acceptors (Lipinski definition) is 2. The van der Waals surface area contributed by atoms with E-state index < -0.39 is 8.32 Å². The molecule has 1 aromatic carbocycles. The maximum absolute atomic E-state index is 6.36. The van der Waals surface area contributed by atoms with E-state index in [1.165, 1.54) is 45.1 Å². The third-order valence-corrected chi connectivity index (χ3v) is 7.56. The molecular weight excluding hydrogens is 322 g/mol. The molecule has 0 spiro atoms. The van der Waals surface area contributed by atoms with Gasteiger partial charge < -0.3 is 4.43 Å². The van der Waals surface area contributed by atoms with Crippen LogP contribution in [0.5, 0.6) is 5.75 Å². The highest BCUT2D eigenvalue weighted by molar-refractivity contribution is 6.70. The van der Waals surface area contributed by atoms with E-state index in [1.54, 1.807) is 11.1 Å². The van der Waals surface area contributed by atoms with Crippen LogP contribution in [0.4, 0.5) is 0 Å². The van der Waals surface area contributed by atoms with Gasteiger partial charge >= 0.3 is 0 Å². The number of piperidine rings is 1. The van der Waals surface area contributed by atoms with Crippen molar-refractivity contribution in [2.24, 2.45) is 5.92 Å². The number of hydrogen-bond donors (Lipinski definition) is 0.